The van der Waals surface area contributed by atoms with Crippen LogP contribution in [0.5, 0.6) is 0 Å². The fourth-order valence-corrected chi connectivity index (χ4v) is 2.36. The molecular weight excluding hydrogens is 270 g/mol. The minimum absolute atomic E-state index is 0.239. The number of fused-ring (bicyclic) bond motifs is 1. The Labute approximate surface area is 111 Å². The lowest BCUT2D eigenvalue weighted by molar-refractivity contribution is -0.119. The predicted octanol–water partition coefficient (Wildman–Crippen LogP) is -1.57. The number of aryl methyl sites for hydroxylation is 1. The molecule has 9 heteroatoms. The molecule has 0 aromatic carbocycles. The molecule has 0 bridgehead atoms. The maximum Gasteiger partial charge on any atom is 0.235 e. The maximum absolute atomic E-state index is 11.4. The SMILES string of the molecule is CS(=O)(=O)NCC(=O)NCCc1nnc2n1CCC2. The molecule has 1 aromatic rings. The molecule has 1 aliphatic rings. The van der Waals surface area contributed by atoms with Gasteiger partial charge < -0.3 is 9.88 Å². The second-order valence-electron chi connectivity index (χ2n) is 4.48. The number of carbonyl (C=O) groups is 1. The highest BCUT2D eigenvalue weighted by Crippen LogP contribution is 2.13. The molecule has 0 fully saturated rings. The summed E-state index contributed by atoms with van der Waals surface area (Å²) in [5, 5.41) is 10.8. The minimum Gasteiger partial charge on any atom is -0.355 e. The summed E-state index contributed by atoms with van der Waals surface area (Å²) in [6, 6.07) is 0. The Morgan fingerprint density at radius 2 is 2.21 bits per heavy atom. The Bertz CT molecular complexity index is 566. The highest BCUT2D eigenvalue weighted by atomic mass is 32.2. The van der Waals surface area contributed by atoms with Crippen molar-refractivity contribution < 1.29 is 13.2 Å². The Hall–Kier alpha value is -1.48. The van der Waals surface area contributed by atoms with Crippen LogP contribution in [0.3, 0.4) is 0 Å². The first-order valence-corrected chi connectivity index (χ1v) is 7.97. The first-order valence-electron chi connectivity index (χ1n) is 6.08. The normalized spacial score (nSPS) is 14.4. The van der Waals surface area contributed by atoms with Gasteiger partial charge in [0.2, 0.25) is 15.9 Å². The summed E-state index contributed by atoms with van der Waals surface area (Å²) in [6.07, 6.45) is 3.65. The largest absolute Gasteiger partial charge is 0.355 e. The van der Waals surface area contributed by atoms with Crippen LogP contribution >= 0.6 is 0 Å². The Balaban J connectivity index is 1.73. The molecule has 106 valence electrons. The summed E-state index contributed by atoms with van der Waals surface area (Å²) >= 11 is 0. The van der Waals surface area contributed by atoms with Gasteiger partial charge in [0.25, 0.3) is 0 Å². The second kappa shape index (κ2) is 5.66. The lowest BCUT2D eigenvalue weighted by atomic mass is 10.4. The van der Waals surface area contributed by atoms with Crippen LogP contribution in [-0.2, 0) is 34.2 Å². The van der Waals surface area contributed by atoms with Crippen molar-refractivity contribution >= 4 is 15.9 Å². The van der Waals surface area contributed by atoms with E-state index < -0.39 is 10.0 Å². The van der Waals surface area contributed by atoms with Crippen LogP contribution in [0, 0.1) is 0 Å². The van der Waals surface area contributed by atoms with Gasteiger partial charge in [-0.2, -0.15) is 0 Å². The van der Waals surface area contributed by atoms with E-state index in [2.05, 4.69) is 24.8 Å². The van der Waals surface area contributed by atoms with E-state index in [4.69, 9.17) is 0 Å². The summed E-state index contributed by atoms with van der Waals surface area (Å²) in [4.78, 5) is 11.4. The van der Waals surface area contributed by atoms with Crippen molar-refractivity contribution in [3.8, 4) is 0 Å². The molecule has 1 aliphatic heterocycles. The fraction of sp³-hybridized carbons (Fsp3) is 0.700. The van der Waals surface area contributed by atoms with E-state index in [1.165, 1.54) is 0 Å². The molecule has 1 amide bonds. The molecule has 0 saturated heterocycles. The third kappa shape index (κ3) is 4.00. The lowest BCUT2D eigenvalue weighted by Crippen LogP contribution is -2.37. The van der Waals surface area contributed by atoms with Crippen LogP contribution in [0.25, 0.3) is 0 Å². The minimum atomic E-state index is -3.33. The summed E-state index contributed by atoms with van der Waals surface area (Å²) in [5.74, 6) is 1.51. The molecule has 2 N–H and O–H groups in total. The standard InChI is InChI=1S/C10H17N5O3S/c1-19(17,18)12-7-10(16)11-5-4-9-14-13-8-3-2-6-15(8)9/h12H,2-7H2,1H3,(H,11,16). The monoisotopic (exact) mass is 287 g/mol. The zero-order chi connectivity index (χ0) is 13.9. The molecule has 0 spiro atoms. The van der Waals surface area contributed by atoms with Crippen LogP contribution in [0.15, 0.2) is 0 Å². The van der Waals surface area contributed by atoms with Crippen LogP contribution in [-0.4, -0.2) is 48.4 Å². The predicted molar refractivity (Wildman–Crippen MR) is 67.9 cm³/mol. The Morgan fingerprint density at radius 1 is 1.42 bits per heavy atom. The van der Waals surface area contributed by atoms with Gasteiger partial charge in [-0.25, -0.2) is 13.1 Å². The molecule has 8 nitrogen and oxygen atoms in total. The van der Waals surface area contributed by atoms with Crippen molar-refractivity contribution in [2.24, 2.45) is 0 Å². The summed E-state index contributed by atoms with van der Waals surface area (Å²) < 4.78 is 25.8. The molecule has 19 heavy (non-hydrogen) atoms. The van der Waals surface area contributed by atoms with E-state index in [-0.39, 0.29) is 12.5 Å². The van der Waals surface area contributed by atoms with E-state index in [1.54, 1.807) is 0 Å². The average molecular weight is 287 g/mol. The summed E-state index contributed by atoms with van der Waals surface area (Å²) in [7, 11) is -3.33. The van der Waals surface area contributed by atoms with Crippen LogP contribution < -0.4 is 10.0 Å². The highest BCUT2D eigenvalue weighted by Gasteiger charge is 2.16. The summed E-state index contributed by atoms with van der Waals surface area (Å²) in [5.41, 5.74) is 0. The molecule has 0 saturated carbocycles. The molecule has 2 rings (SSSR count). The number of aromatic nitrogens is 3. The van der Waals surface area contributed by atoms with Crippen LogP contribution in [0.4, 0.5) is 0 Å². The average Bonchev–Trinajstić information content (AvgIpc) is 2.90. The number of nitrogens with one attached hydrogen (secondary N) is 2. The number of sulfonamides is 1. The van der Waals surface area contributed by atoms with E-state index in [0.29, 0.717) is 13.0 Å². The third-order valence-electron chi connectivity index (χ3n) is 2.85. The van der Waals surface area contributed by atoms with Gasteiger partial charge >= 0.3 is 0 Å². The van der Waals surface area contributed by atoms with Crippen molar-refractivity contribution in [2.45, 2.75) is 25.8 Å². The van der Waals surface area contributed by atoms with Gasteiger partial charge in [0, 0.05) is 25.9 Å². The fourth-order valence-electron chi connectivity index (χ4n) is 1.97. The maximum atomic E-state index is 11.4. The first-order chi connectivity index (χ1) is 8.96. The van der Waals surface area contributed by atoms with Crippen molar-refractivity contribution in [3.63, 3.8) is 0 Å². The number of amides is 1. The first kappa shape index (κ1) is 13.9. The van der Waals surface area contributed by atoms with Gasteiger partial charge in [-0.3, -0.25) is 4.79 Å². The van der Waals surface area contributed by atoms with Crippen LogP contribution in [0.1, 0.15) is 18.1 Å². The third-order valence-corrected chi connectivity index (χ3v) is 3.52. The van der Waals surface area contributed by atoms with Gasteiger partial charge in [0.1, 0.15) is 11.6 Å². The zero-order valence-electron chi connectivity index (χ0n) is 10.7. The number of nitrogens with zero attached hydrogens (tertiary/aromatic N) is 3. The van der Waals surface area contributed by atoms with Gasteiger partial charge in [-0.1, -0.05) is 0 Å². The molecular formula is C10H17N5O3S. The van der Waals surface area contributed by atoms with E-state index >= 15 is 0 Å². The number of carbonyl (C=O) groups excluding carboxylic acids is 1. The van der Waals surface area contributed by atoms with E-state index in [1.807, 2.05) is 0 Å². The molecule has 0 unspecified atom stereocenters. The Morgan fingerprint density at radius 3 is 2.95 bits per heavy atom. The topological polar surface area (TPSA) is 106 Å². The van der Waals surface area contributed by atoms with E-state index in [0.717, 1.165) is 37.3 Å². The molecule has 2 heterocycles. The van der Waals surface area contributed by atoms with Gasteiger partial charge in [0.15, 0.2) is 0 Å². The molecule has 0 aliphatic carbocycles. The Kier molecular flexibility index (Phi) is 4.15. The highest BCUT2D eigenvalue weighted by molar-refractivity contribution is 7.88. The second-order valence-corrected chi connectivity index (χ2v) is 6.31. The molecule has 0 atom stereocenters. The molecule has 1 aromatic heterocycles. The van der Waals surface area contributed by atoms with Crippen molar-refractivity contribution in [1.29, 1.82) is 0 Å². The molecule has 0 radical (unpaired) electrons. The van der Waals surface area contributed by atoms with Crippen molar-refractivity contribution in [2.75, 3.05) is 19.3 Å². The quantitative estimate of drug-likeness (QED) is 0.657. The lowest BCUT2D eigenvalue weighted by Gasteiger charge is -2.06. The number of hydrogen-bond donors (Lipinski definition) is 2. The van der Waals surface area contributed by atoms with Crippen molar-refractivity contribution in [1.82, 2.24) is 24.8 Å². The van der Waals surface area contributed by atoms with Crippen molar-refractivity contribution in [3.05, 3.63) is 11.6 Å². The summed E-state index contributed by atoms with van der Waals surface area (Å²) in [6.45, 7) is 1.11. The zero-order valence-corrected chi connectivity index (χ0v) is 11.5. The number of hydrogen-bond acceptors (Lipinski definition) is 5. The van der Waals surface area contributed by atoms with Crippen LogP contribution in [0.2, 0.25) is 0 Å². The van der Waals surface area contributed by atoms with E-state index in [9.17, 15) is 13.2 Å². The van der Waals surface area contributed by atoms with Gasteiger partial charge in [0.05, 0.1) is 12.8 Å². The smallest absolute Gasteiger partial charge is 0.235 e. The number of rotatable bonds is 6. The van der Waals surface area contributed by atoms with Gasteiger partial charge in [-0.05, 0) is 6.42 Å². The van der Waals surface area contributed by atoms with Gasteiger partial charge in [-0.15, -0.1) is 10.2 Å².